The van der Waals surface area contributed by atoms with Gasteiger partial charge < -0.3 is 4.42 Å². The van der Waals surface area contributed by atoms with Crippen LogP contribution in [0.2, 0.25) is 0 Å². The van der Waals surface area contributed by atoms with Crippen molar-refractivity contribution in [3.8, 4) is 0 Å². The molecule has 1 aromatic heterocycles. The molecular weight excluding hydrogens is 263 g/mol. The molecule has 0 radical (unpaired) electrons. The Morgan fingerprint density at radius 3 is 3.00 bits per heavy atom. The minimum atomic E-state index is 0.220. The highest BCUT2D eigenvalue weighted by Gasteiger charge is 2.12. The van der Waals surface area contributed by atoms with Crippen molar-refractivity contribution in [1.29, 1.82) is 0 Å². The zero-order chi connectivity index (χ0) is 9.97. The van der Waals surface area contributed by atoms with Gasteiger partial charge in [-0.1, -0.05) is 11.6 Å². The number of hydrogen-bond donors (Lipinski definition) is 0. The van der Waals surface area contributed by atoms with E-state index in [9.17, 15) is 0 Å². The monoisotopic (exact) mass is 274 g/mol. The number of furan rings is 1. The molecule has 3 heteroatoms. The van der Waals surface area contributed by atoms with E-state index in [-0.39, 0.29) is 5.38 Å². The highest BCUT2D eigenvalue weighted by Crippen LogP contribution is 2.25. The number of rotatable bonds is 2. The van der Waals surface area contributed by atoms with Crippen LogP contribution < -0.4 is 0 Å². The minimum Gasteiger partial charge on any atom is -0.454 e. The van der Waals surface area contributed by atoms with Gasteiger partial charge in [0.2, 0.25) is 0 Å². The van der Waals surface area contributed by atoms with Crippen LogP contribution >= 0.6 is 27.5 Å². The van der Waals surface area contributed by atoms with Crippen LogP contribution in [0, 0.1) is 0 Å². The molecule has 0 saturated heterocycles. The summed E-state index contributed by atoms with van der Waals surface area (Å²) in [6, 6.07) is 3.93. The molecule has 1 heterocycles. The zero-order valence-electron chi connectivity index (χ0n) is 7.80. The second-order valence-electron chi connectivity index (χ2n) is 3.62. The molecule has 1 unspecified atom stereocenters. The van der Waals surface area contributed by atoms with Gasteiger partial charge in [-0.05, 0) is 47.3 Å². The predicted octanol–water partition coefficient (Wildman–Crippen LogP) is 4.30. The Morgan fingerprint density at radius 1 is 1.50 bits per heavy atom. The first-order chi connectivity index (χ1) is 6.74. The molecule has 0 spiro atoms. The molecule has 0 N–H and O–H groups in total. The molecule has 0 saturated carbocycles. The third-order valence-corrected chi connectivity index (χ3v) is 3.19. The van der Waals surface area contributed by atoms with Crippen LogP contribution in [0.3, 0.4) is 0 Å². The first-order valence-corrected chi connectivity index (χ1v) is 6.05. The fourth-order valence-corrected chi connectivity index (χ4v) is 2.44. The Kier molecular flexibility index (Phi) is 3.34. The van der Waals surface area contributed by atoms with Gasteiger partial charge in [0, 0.05) is 6.42 Å². The van der Waals surface area contributed by atoms with Gasteiger partial charge in [-0.3, -0.25) is 0 Å². The molecule has 1 aromatic rings. The number of allylic oxidation sites excluding steroid dienone is 2. The summed E-state index contributed by atoms with van der Waals surface area (Å²) in [6.45, 7) is 0. The topological polar surface area (TPSA) is 13.1 Å². The van der Waals surface area contributed by atoms with E-state index in [1.807, 2.05) is 12.1 Å². The van der Waals surface area contributed by atoms with Crippen LogP contribution in [-0.4, -0.2) is 5.38 Å². The maximum atomic E-state index is 6.07. The summed E-state index contributed by atoms with van der Waals surface area (Å²) in [4.78, 5) is 0. The van der Waals surface area contributed by atoms with Crippen molar-refractivity contribution in [3.63, 3.8) is 0 Å². The third kappa shape index (κ3) is 2.64. The summed E-state index contributed by atoms with van der Waals surface area (Å²) in [5, 5.41) is 0.220. The van der Waals surface area contributed by atoms with E-state index >= 15 is 0 Å². The maximum Gasteiger partial charge on any atom is 0.169 e. The van der Waals surface area contributed by atoms with Gasteiger partial charge in [-0.25, -0.2) is 0 Å². The Labute approximate surface area is 97.3 Å². The van der Waals surface area contributed by atoms with Gasteiger partial charge >= 0.3 is 0 Å². The van der Waals surface area contributed by atoms with E-state index in [1.165, 1.54) is 12.0 Å². The summed E-state index contributed by atoms with van der Waals surface area (Å²) in [5.41, 5.74) is 1.40. The van der Waals surface area contributed by atoms with Crippen LogP contribution in [0.15, 0.2) is 32.9 Å². The molecule has 0 aliphatic heterocycles. The average molecular weight is 276 g/mol. The molecule has 2 rings (SSSR count). The van der Waals surface area contributed by atoms with Crippen LogP contribution in [0.1, 0.15) is 25.0 Å². The molecule has 0 aromatic carbocycles. The summed E-state index contributed by atoms with van der Waals surface area (Å²) in [6.07, 6.45) is 6.52. The quantitative estimate of drug-likeness (QED) is 0.579. The Hall–Kier alpha value is -0.210. The van der Waals surface area contributed by atoms with E-state index in [1.54, 1.807) is 0 Å². The molecule has 76 valence electrons. The first-order valence-electron chi connectivity index (χ1n) is 4.82. The Morgan fingerprint density at radius 2 is 2.36 bits per heavy atom. The SMILES string of the molecule is ClC1C=C(Cc2ccc(Br)o2)CCC1. The smallest absolute Gasteiger partial charge is 0.169 e. The lowest BCUT2D eigenvalue weighted by atomic mass is 9.96. The molecular formula is C11H12BrClO. The van der Waals surface area contributed by atoms with E-state index < -0.39 is 0 Å². The lowest BCUT2D eigenvalue weighted by molar-refractivity contribution is 0.492. The molecule has 1 aliphatic rings. The van der Waals surface area contributed by atoms with Crippen LogP contribution in [0.25, 0.3) is 0 Å². The second-order valence-corrected chi connectivity index (χ2v) is 4.96. The van der Waals surface area contributed by atoms with Gasteiger partial charge in [0.25, 0.3) is 0 Å². The zero-order valence-corrected chi connectivity index (χ0v) is 10.1. The van der Waals surface area contributed by atoms with Crippen molar-refractivity contribution >= 4 is 27.5 Å². The molecule has 14 heavy (non-hydrogen) atoms. The van der Waals surface area contributed by atoms with Crippen molar-refractivity contribution in [2.75, 3.05) is 0 Å². The predicted molar refractivity (Wildman–Crippen MR) is 61.7 cm³/mol. The van der Waals surface area contributed by atoms with E-state index in [0.29, 0.717) is 0 Å². The van der Waals surface area contributed by atoms with E-state index in [4.69, 9.17) is 16.0 Å². The van der Waals surface area contributed by atoms with Crippen molar-refractivity contribution in [2.24, 2.45) is 0 Å². The lowest BCUT2D eigenvalue weighted by Crippen LogP contribution is -2.04. The second kappa shape index (κ2) is 4.54. The Balaban J connectivity index is 2.03. The number of halogens is 2. The average Bonchev–Trinajstić information content (AvgIpc) is 2.51. The molecule has 1 nitrogen and oxygen atoms in total. The highest BCUT2D eigenvalue weighted by atomic mass is 79.9. The van der Waals surface area contributed by atoms with E-state index in [2.05, 4.69) is 22.0 Å². The Bertz CT molecular complexity index is 343. The summed E-state index contributed by atoms with van der Waals surface area (Å²) in [7, 11) is 0. The third-order valence-electron chi connectivity index (χ3n) is 2.42. The number of alkyl halides is 1. The van der Waals surface area contributed by atoms with Gasteiger partial charge in [-0.2, -0.15) is 0 Å². The first kappa shape index (κ1) is 10.3. The lowest BCUT2D eigenvalue weighted by Gasteiger charge is -2.15. The molecule has 0 fully saturated rings. The minimum absolute atomic E-state index is 0.220. The van der Waals surface area contributed by atoms with Crippen molar-refractivity contribution in [3.05, 3.63) is 34.2 Å². The van der Waals surface area contributed by atoms with Gasteiger partial charge in [0.05, 0.1) is 5.38 Å². The van der Waals surface area contributed by atoms with Crippen molar-refractivity contribution in [1.82, 2.24) is 0 Å². The highest BCUT2D eigenvalue weighted by molar-refractivity contribution is 9.10. The summed E-state index contributed by atoms with van der Waals surface area (Å²) >= 11 is 9.36. The molecule has 0 bridgehead atoms. The van der Waals surface area contributed by atoms with Crippen molar-refractivity contribution < 1.29 is 4.42 Å². The van der Waals surface area contributed by atoms with Crippen molar-refractivity contribution in [2.45, 2.75) is 31.1 Å². The van der Waals surface area contributed by atoms with Crippen LogP contribution in [-0.2, 0) is 6.42 Å². The van der Waals surface area contributed by atoms with Gasteiger partial charge in [0.15, 0.2) is 4.67 Å². The van der Waals surface area contributed by atoms with Crippen LogP contribution in [0.4, 0.5) is 0 Å². The molecule has 1 atom stereocenters. The number of hydrogen-bond acceptors (Lipinski definition) is 1. The summed E-state index contributed by atoms with van der Waals surface area (Å²) in [5.74, 6) is 1.01. The van der Waals surface area contributed by atoms with Gasteiger partial charge in [0.1, 0.15) is 5.76 Å². The standard InChI is InChI=1S/C11H12BrClO/c12-11-5-4-10(14-11)7-8-2-1-3-9(13)6-8/h4-6,9H,1-3,7H2. The summed E-state index contributed by atoms with van der Waals surface area (Å²) < 4.78 is 6.25. The largest absolute Gasteiger partial charge is 0.454 e. The fourth-order valence-electron chi connectivity index (χ4n) is 1.76. The normalized spacial score (nSPS) is 22.1. The fraction of sp³-hybridized carbons (Fsp3) is 0.455. The molecule has 0 amide bonds. The molecule has 1 aliphatic carbocycles. The van der Waals surface area contributed by atoms with E-state index in [0.717, 1.165) is 29.7 Å². The van der Waals surface area contributed by atoms with Crippen LogP contribution in [0.5, 0.6) is 0 Å². The van der Waals surface area contributed by atoms with Gasteiger partial charge in [-0.15, -0.1) is 11.6 Å². The maximum absolute atomic E-state index is 6.07.